The lowest BCUT2D eigenvalue weighted by molar-refractivity contribution is -0.117. The van der Waals surface area contributed by atoms with Crippen molar-refractivity contribution in [2.45, 2.75) is 25.7 Å². The molecule has 3 rings (SSSR count). The van der Waals surface area contributed by atoms with Gasteiger partial charge in [-0.3, -0.25) is 4.79 Å². The number of hydrogen-bond acceptors (Lipinski definition) is 2. The molecule has 21 heavy (non-hydrogen) atoms. The van der Waals surface area contributed by atoms with Gasteiger partial charge < -0.3 is 10.4 Å². The molecular formula is C15H15F2NO3. The third-order valence-electron chi connectivity index (χ3n) is 4.51. The van der Waals surface area contributed by atoms with Gasteiger partial charge >= 0.3 is 5.97 Å². The highest BCUT2D eigenvalue weighted by molar-refractivity contribution is 6.02. The molecule has 0 bridgehead atoms. The number of carbonyl (C=O) groups is 2. The molecule has 2 aliphatic rings. The Labute approximate surface area is 120 Å². The van der Waals surface area contributed by atoms with E-state index in [2.05, 4.69) is 5.32 Å². The van der Waals surface area contributed by atoms with E-state index in [9.17, 15) is 18.4 Å². The van der Waals surface area contributed by atoms with Crippen molar-refractivity contribution in [1.82, 2.24) is 0 Å². The van der Waals surface area contributed by atoms with Crippen molar-refractivity contribution in [2.75, 3.05) is 5.32 Å². The van der Waals surface area contributed by atoms with Gasteiger partial charge in [0.25, 0.3) is 0 Å². The first-order chi connectivity index (χ1) is 9.99. The third-order valence-corrected chi connectivity index (χ3v) is 4.51. The molecule has 0 spiro atoms. The van der Waals surface area contributed by atoms with Crippen LogP contribution in [-0.4, -0.2) is 17.0 Å². The molecule has 0 saturated heterocycles. The van der Waals surface area contributed by atoms with Crippen LogP contribution in [0.3, 0.4) is 0 Å². The summed E-state index contributed by atoms with van der Waals surface area (Å²) < 4.78 is 26.4. The van der Waals surface area contributed by atoms with Crippen molar-refractivity contribution in [3.05, 3.63) is 29.3 Å². The van der Waals surface area contributed by atoms with Crippen molar-refractivity contribution in [1.29, 1.82) is 0 Å². The Morgan fingerprint density at radius 3 is 2.24 bits per heavy atom. The quantitative estimate of drug-likeness (QED) is 0.900. The predicted molar refractivity (Wildman–Crippen MR) is 70.9 cm³/mol. The molecule has 2 saturated carbocycles. The van der Waals surface area contributed by atoms with Crippen molar-refractivity contribution in [3.8, 4) is 0 Å². The van der Waals surface area contributed by atoms with E-state index in [1.807, 2.05) is 0 Å². The molecular weight excluding hydrogens is 280 g/mol. The average molecular weight is 295 g/mol. The Morgan fingerprint density at radius 2 is 1.67 bits per heavy atom. The van der Waals surface area contributed by atoms with Crippen LogP contribution < -0.4 is 5.32 Å². The molecule has 6 heteroatoms. The maximum atomic E-state index is 13.3. The number of halogens is 2. The fourth-order valence-electron chi connectivity index (χ4n) is 3.42. The SMILES string of the molecule is O=C(O)c1cc(F)c(F)cc1NC(=O)C1C2CCCCC21. The second-order valence-electron chi connectivity index (χ2n) is 5.74. The van der Waals surface area contributed by atoms with Crippen LogP contribution in [0.4, 0.5) is 14.5 Å². The van der Waals surface area contributed by atoms with Crippen LogP contribution >= 0.6 is 0 Å². The molecule has 1 amide bonds. The van der Waals surface area contributed by atoms with Crippen molar-refractivity contribution < 1.29 is 23.5 Å². The third kappa shape index (κ3) is 2.50. The Kier molecular flexibility index (Phi) is 3.39. The number of benzene rings is 1. The Hall–Kier alpha value is -1.98. The summed E-state index contributed by atoms with van der Waals surface area (Å²) in [5.74, 6) is -3.52. The largest absolute Gasteiger partial charge is 0.478 e. The molecule has 0 heterocycles. The van der Waals surface area contributed by atoms with Gasteiger partial charge in [-0.05, 0) is 30.7 Å². The van der Waals surface area contributed by atoms with E-state index in [0.29, 0.717) is 17.9 Å². The van der Waals surface area contributed by atoms with E-state index in [1.54, 1.807) is 0 Å². The molecule has 4 nitrogen and oxygen atoms in total. The topological polar surface area (TPSA) is 66.4 Å². The average Bonchev–Trinajstić information content (AvgIpc) is 3.16. The van der Waals surface area contributed by atoms with Crippen LogP contribution in [-0.2, 0) is 4.79 Å². The van der Waals surface area contributed by atoms with Gasteiger partial charge in [-0.15, -0.1) is 0 Å². The van der Waals surface area contributed by atoms with Crippen molar-refractivity contribution >= 4 is 17.6 Å². The van der Waals surface area contributed by atoms with E-state index in [1.165, 1.54) is 0 Å². The molecule has 112 valence electrons. The summed E-state index contributed by atoms with van der Waals surface area (Å²) in [5.41, 5.74) is -0.624. The highest BCUT2D eigenvalue weighted by Crippen LogP contribution is 2.55. The van der Waals surface area contributed by atoms with E-state index in [0.717, 1.165) is 31.7 Å². The van der Waals surface area contributed by atoms with Crippen LogP contribution in [0.2, 0.25) is 0 Å². The van der Waals surface area contributed by atoms with Crippen molar-refractivity contribution in [3.63, 3.8) is 0 Å². The van der Waals surface area contributed by atoms with Gasteiger partial charge in [0.15, 0.2) is 11.6 Å². The monoisotopic (exact) mass is 295 g/mol. The minimum atomic E-state index is -1.41. The lowest BCUT2D eigenvalue weighted by Crippen LogP contribution is -2.18. The number of fused-ring (bicyclic) bond motifs is 1. The summed E-state index contributed by atoms with van der Waals surface area (Å²) in [6.07, 6.45) is 4.23. The molecule has 0 radical (unpaired) electrons. The Morgan fingerprint density at radius 1 is 1.10 bits per heavy atom. The summed E-state index contributed by atoms with van der Waals surface area (Å²) in [5, 5.41) is 11.5. The number of nitrogens with one attached hydrogen (secondary N) is 1. The maximum Gasteiger partial charge on any atom is 0.337 e. The van der Waals surface area contributed by atoms with Gasteiger partial charge in [0.05, 0.1) is 11.3 Å². The van der Waals surface area contributed by atoms with E-state index < -0.39 is 23.2 Å². The first-order valence-electron chi connectivity index (χ1n) is 7.02. The number of carboxylic acid groups (broad SMARTS) is 1. The molecule has 2 aliphatic carbocycles. The second kappa shape index (κ2) is 5.09. The smallest absolute Gasteiger partial charge is 0.337 e. The van der Waals surface area contributed by atoms with Crippen LogP contribution in [0, 0.1) is 29.4 Å². The van der Waals surface area contributed by atoms with Gasteiger partial charge in [0.1, 0.15) is 0 Å². The lowest BCUT2D eigenvalue weighted by atomic mass is 10.0. The Balaban J connectivity index is 1.80. The number of rotatable bonds is 3. The van der Waals surface area contributed by atoms with Gasteiger partial charge in [-0.1, -0.05) is 12.8 Å². The zero-order valence-electron chi connectivity index (χ0n) is 11.2. The zero-order valence-corrected chi connectivity index (χ0v) is 11.2. The first kappa shape index (κ1) is 14.0. The van der Waals surface area contributed by atoms with Crippen molar-refractivity contribution in [2.24, 2.45) is 17.8 Å². The summed E-state index contributed by atoms with van der Waals surface area (Å²) in [4.78, 5) is 23.3. The summed E-state index contributed by atoms with van der Waals surface area (Å²) >= 11 is 0. The zero-order chi connectivity index (χ0) is 15.1. The van der Waals surface area contributed by atoms with Gasteiger partial charge in [0.2, 0.25) is 5.91 Å². The van der Waals surface area contributed by atoms with E-state index >= 15 is 0 Å². The number of carboxylic acids is 1. The van der Waals surface area contributed by atoms with E-state index in [4.69, 9.17) is 5.11 Å². The number of hydrogen-bond donors (Lipinski definition) is 2. The minimum Gasteiger partial charge on any atom is -0.478 e. The van der Waals surface area contributed by atoms with Crippen LogP contribution in [0.15, 0.2) is 12.1 Å². The molecule has 0 aromatic heterocycles. The fourth-order valence-corrected chi connectivity index (χ4v) is 3.42. The number of amides is 1. The number of carbonyl (C=O) groups excluding carboxylic acids is 1. The number of aromatic carboxylic acids is 1. The maximum absolute atomic E-state index is 13.3. The Bertz CT molecular complexity index is 605. The minimum absolute atomic E-state index is 0.123. The summed E-state index contributed by atoms with van der Waals surface area (Å²) in [7, 11) is 0. The van der Waals surface area contributed by atoms with Crippen LogP contribution in [0.5, 0.6) is 0 Å². The molecule has 1 aromatic rings. The van der Waals surface area contributed by atoms with Gasteiger partial charge in [0, 0.05) is 12.0 Å². The van der Waals surface area contributed by atoms with Crippen LogP contribution in [0.25, 0.3) is 0 Å². The summed E-state index contributed by atoms with van der Waals surface area (Å²) in [6, 6.07) is 1.32. The molecule has 2 unspecified atom stereocenters. The summed E-state index contributed by atoms with van der Waals surface area (Å²) in [6.45, 7) is 0. The molecule has 2 atom stereocenters. The fraction of sp³-hybridized carbons (Fsp3) is 0.467. The normalized spacial score (nSPS) is 26.9. The number of anilines is 1. The van der Waals surface area contributed by atoms with Gasteiger partial charge in [-0.25, -0.2) is 13.6 Å². The molecule has 2 N–H and O–H groups in total. The second-order valence-corrected chi connectivity index (χ2v) is 5.74. The lowest BCUT2D eigenvalue weighted by Gasteiger charge is -2.09. The molecule has 1 aromatic carbocycles. The standard InChI is InChI=1S/C15H15F2NO3/c16-10-5-9(15(20)21)12(6-11(10)17)18-14(19)13-7-3-1-2-4-8(7)13/h5-8,13H,1-4H2,(H,18,19)(H,20,21). The molecule has 0 aliphatic heterocycles. The highest BCUT2D eigenvalue weighted by atomic mass is 19.2. The van der Waals surface area contributed by atoms with Gasteiger partial charge in [-0.2, -0.15) is 0 Å². The van der Waals surface area contributed by atoms with Crippen LogP contribution in [0.1, 0.15) is 36.0 Å². The van der Waals surface area contributed by atoms with E-state index in [-0.39, 0.29) is 17.5 Å². The predicted octanol–water partition coefficient (Wildman–Crippen LogP) is 3.04. The molecule has 2 fully saturated rings. The first-order valence-corrected chi connectivity index (χ1v) is 7.02. The highest BCUT2D eigenvalue weighted by Gasteiger charge is 2.54.